The zero-order valence-corrected chi connectivity index (χ0v) is 8.60. The molecule has 0 saturated heterocycles. The average Bonchev–Trinajstić information content (AvgIpc) is 2.20. The lowest BCUT2D eigenvalue weighted by Crippen LogP contribution is -2.08. The maximum absolute atomic E-state index is 10.3. The van der Waals surface area contributed by atoms with E-state index >= 15 is 0 Å². The van der Waals surface area contributed by atoms with Gasteiger partial charge in [0, 0.05) is 31.1 Å². The number of aliphatic carboxylic acids is 1. The molecule has 1 aromatic rings. The van der Waals surface area contributed by atoms with Crippen LogP contribution in [-0.4, -0.2) is 30.9 Å². The lowest BCUT2D eigenvalue weighted by molar-refractivity contribution is -0.136. The monoisotopic (exact) mass is 206 g/mol. The summed E-state index contributed by atoms with van der Waals surface area (Å²) in [7, 11) is 1.70. The van der Waals surface area contributed by atoms with Crippen LogP contribution < -0.4 is 5.32 Å². The van der Waals surface area contributed by atoms with Crippen LogP contribution in [0.1, 0.15) is 12.0 Å². The first-order valence-electron chi connectivity index (χ1n) is 4.71. The van der Waals surface area contributed by atoms with Crippen molar-refractivity contribution in [1.29, 1.82) is 0 Å². The van der Waals surface area contributed by atoms with Crippen LogP contribution in [0.2, 0.25) is 0 Å². The number of carboxylic acids is 1. The smallest absolute Gasteiger partial charge is 0.305 e. The molecule has 15 heavy (non-hydrogen) atoms. The second-order valence-corrected chi connectivity index (χ2v) is 3.05. The first kappa shape index (κ1) is 11.2. The summed E-state index contributed by atoms with van der Waals surface area (Å²) < 4.78 is 0. The molecule has 2 N–H and O–H groups in total. The molecule has 1 aromatic carbocycles. The second kappa shape index (κ2) is 5.80. The van der Waals surface area contributed by atoms with Crippen LogP contribution in [0, 0.1) is 0 Å². The highest BCUT2D eigenvalue weighted by molar-refractivity contribution is 5.87. The van der Waals surface area contributed by atoms with Crippen LogP contribution in [0.3, 0.4) is 0 Å². The third kappa shape index (κ3) is 3.81. The molecule has 0 radical (unpaired) electrons. The van der Waals surface area contributed by atoms with E-state index in [9.17, 15) is 4.79 Å². The number of para-hydroxylation sites is 1. The van der Waals surface area contributed by atoms with Gasteiger partial charge in [-0.2, -0.15) is 0 Å². The van der Waals surface area contributed by atoms with E-state index < -0.39 is 5.97 Å². The quantitative estimate of drug-likeness (QED) is 0.720. The molecule has 0 aliphatic carbocycles. The summed E-state index contributed by atoms with van der Waals surface area (Å²) in [6, 6.07) is 7.64. The van der Waals surface area contributed by atoms with Crippen molar-refractivity contribution in [3.63, 3.8) is 0 Å². The molecule has 0 amide bonds. The molecule has 1 rings (SSSR count). The summed E-state index contributed by atoms with van der Waals surface area (Å²) in [5.74, 6) is -0.802. The van der Waals surface area contributed by atoms with E-state index in [0.29, 0.717) is 6.54 Å². The third-order valence-corrected chi connectivity index (χ3v) is 1.88. The predicted octanol–water partition coefficient (Wildman–Crippen LogP) is 1.62. The number of aliphatic imine (C=N–C) groups is 1. The Balaban J connectivity index is 2.63. The van der Waals surface area contributed by atoms with Gasteiger partial charge in [-0.15, -0.1) is 0 Å². The number of hydrogen-bond donors (Lipinski definition) is 2. The van der Waals surface area contributed by atoms with Gasteiger partial charge in [-0.3, -0.25) is 9.79 Å². The van der Waals surface area contributed by atoms with Crippen molar-refractivity contribution in [3.05, 3.63) is 29.8 Å². The van der Waals surface area contributed by atoms with Gasteiger partial charge in [0.25, 0.3) is 0 Å². The molecular formula is C11H14N2O2. The SMILES string of the molecule is CN=Cc1ccccc1NCCC(=O)O. The van der Waals surface area contributed by atoms with E-state index in [-0.39, 0.29) is 6.42 Å². The van der Waals surface area contributed by atoms with Crippen LogP contribution in [0.4, 0.5) is 5.69 Å². The molecule has 4 nitrogen and oxygen atoms in total. The van der Waals surface area contributed by atoms with Crippen molar-refractivity contribution in [2.45, 2.75) is 6.42 Å². The van der Waals surface area contributed by atoms with Crippen LogP contribution in [0.25, 0.3) is 0 Å². The highest BCUT2D eigenvalue weighted by Gasteiger charge is 1.99. The van der Waals surface area contributed by atoms with Gasteiger partial charge in [0.05, 0.1) is 6.42 Å². The van der Waals surface area contributed by atoms with Crippen molar-refractivity contribution in [3.8, 4) is 0 Å². The highest BCUT2D eigenvalue weighted by Crippen LogP contribution is 2.12. The molecule has 0 atom stereocenters. The van der Waals surface area contributed by atoms with Gasteiger partial charge in [0.1, 0.15) is 0 Å². The van der Waals surface area contributed by atoms with Gasteiger partial charge in [-0.25, -0.2) is 0 Å². The number of hydrogen-bond acceptors (Lipinski definition) is 3. The minimum atomic E-state index is -0.802. The minimum absolute atomic E-state index is 0.109. The molecule has 0 aromatic heterocycles. The van der Waals surface area contributed by atoms with Gasteiger partial charge in [-0.1, -0.05) is 18.2 Å². The van der Waals surface area contributed by atoms with Crippen molar-refractivity contribution in [2.24, 2.45) is 4.99 Å². The maximum Gasteiger partial charge on any atom is 0.305 e. The molecule has 0 saturated carbocycles. The van der Waals surface area contributed by atoms with E-state index in [1.54, 1.807) is 13.3 Å². The molecule has 0 aliphatic heterocycles. The standard InChI is InChI=1S/C11H14N2O2/c1-12-8-9-4-2-3-5-10(9)13-7-6-11(14)15/h2-5,8,13H,6-7H2,1H3,(H,14,15). The fourth-order valence-corrected chi connectivity index (χ4v) is 1.21. The highest BCUT2D eigenvalue weighted by atomic mass is 16.4. The van der Waals surface area contributed by atoms with Crippen molar-refractivity contribution < 1.29 is 9.90 Å². The van der Waals surface area contributed by atoms with Crippen molar-refractivity contribution >= 4 is 17.9 Å². The topological polar surface area (TPSA) is 61.7 Å². The Morgan fingerprint density at radius 3 is 2.93 bits per heavy atom. The Hall–Kier alpha value is -1.84. The summed E-state index contributed by atoms with van der Waals surface area (Å²) in [5, 5.41) is 11.6. The van der Waals surface area contributed by atoms with E-state index in [4.69, 9.17) is 5.11 Å². The Bertz CT molecular complexity index is 361. The molecule has 0 fully saturated rings. The molecule has 0 bridgehead atoms. The number of carboxylic acid groups (broad SMARTS) is 1. The van der Waals surface area contributed by atoms with Crippen LogP contribution in [0.15, 0.2) is 29.3 Å². The van der Waals surface area contributed by atoms with Gasteiger partial charge in [-0.05, 0) is 6.07 Å². The van der Waals surface area contributed by atoms with Crippen LogP contribution >= 0.6 is 0 Å². The predicted molar refractivity (Wildman–Crippen MR) is 60.7 cm³/mol. The number of nitrogens with zero attached hydrogens (tertiary/aromatic N) is 1. The van der Waals surface area contributed by atoms with Crippen molar-refractivity contribution in [2.75, 3.05) is 18.9 Å². The van der Waals surface area contributed by atoms with E-state index in [1.807, 2.05) is 24.3 Å². The molecule has 0 aliphatic rings. The fraction of sp³-hybridized carbons (Fsp3) is 0.273. The molecule has 0 unspecified atom stereocenters. The Morgan fingerprint density at radius 1 is 1.53 bits per heavy atom. The van der Waals surface area contributed by atoms with Crippen molar-refractivity contribution in [1.82, 2.24) is 0 Å². The Morgan fingerprint density at radius 2 is 2.27 bits per heavy atom. The molecule has 4 heteroatoms. The Labute approximate surface area is 88.7 Å². The lowest BCUT2D eigenvalue weighted by atomic mass is 10.2. The normalized spacial score (nSPS) is 10.5. The van der Waals surface area contributed by atoms with E-state index in [0.717, 1.165) is 11.3 Å². The van der Waals surface area contributed by atoms with Gasteiger partial charge < -0.3 is 10.4 Å². The van der Waals surface area contributed by atoms with E-state index in [2.05, 4.69) is 10.3 Å². The largest absolute Gasteiger partial charge is 0.481 e. The zero-order valence-electron chi connectivity index (χ0n) is 8.60. The summed E-state index contributed by atoms with van der Waals surface area (Å²) in [5.41, 5.74) is 1.87. The summed E-state index contributed by atoms with van der Waals surface area (Å²) in [6.45, 7) is 0.421. The second-order valence-electron chi connectivity index (χ2n) is 3.05. The Kier molecular flexibility index (Phi) is 4.34. The summed E-state index contributed by atoms with van der Waals surface area (Å²) in [4.78, 5) is 14.3. The maximum atomic E-state index is 10.3. The first-order chi connectivity index (χ1) is 7.24. The lowest BCUT2D eigenvalue weighted by Gasteiger charge is -2.07. The number of anilines is 1. The molecule has 80 valence electrons. The summed E-state index contributed by atoms with van der Waals surface area (Å²) in [6.07, 6.45) is 1.85. The van der Waals surface area contributed by atoms with Crippen LogP contribution in [0.5, 0.6) is 0 Å². The third-order valence-electron chi connectivity index (χ3n) is 1.88. The number of carbonyl (C=O) groups is 1. The molecule has 0 heterocycles. The number of rotatable bonds is 5. The molecule has 0 spiro atoms. The fourth-order valence-electron chi connectivity index (χ4n) is 1.21. The van der Waals surface area contributed by atoms with Crippen LogP contribution in [-0.2, 0) is 4.79 Å². The number of benzene rings is 1. The average molecular weight is 206 g/mol. The summed E-state index contributed by atoms with van der Waals surface area (Å²) >= 11 is 0. The zero-order chi connectivity index (χ0) is 11.1. The minimum Gasteiger partial charge on any atom is -0.481 e. The number of nitrogens with one attached hydrogen (secondary N) is 1. The van der Waals surface area contributed by atoms with Gasteiger partial charge >= 0.3 is 5.97 Å². The van der Waals surface area contributed by atoms with Gasteiger partial charge in [0.2, 0.25) is 0 Å². The first-order valence-corrected chi connectivity index (χ1v) is 4.71. The van der Waals surface area contributed by atoms with Gasteiger partial charge in [0.15, 0.2) is 0 Å². The molecular weight excluding hydrogens is 192 g/mol. The van der Waals surface area contributed by atoms with E-state index in [1.165, 1.54) is 0 Å².